The third kappa shape index (κ3) is 3.78. The van der Waals surface area contributed by atoms with Crippen molar-refractivity contribution in [1.82, 2.24) is 14.5 Å². The Labute approximate surface area is 188 Å². The number of benzene rings is 2. The van der Waals surface area contributed by atoms with E-state index in [1.165, 1.54) is 28.3 Å². The molecule has 8 heteroatoms. The number of aromatic nitrogens is 2. The zero-order chi connectivity index (χ0) is 22.1. The molecule has 0 atom stereocenters. The fourth-order valence-electron chi connectivity index (χ4n) is 4.06. The number of hydrogen-bond acceptors (Lipinski definition) is 5. The number of fused-ring (bicyclic) bond motifs is 1. The lowest BCUT2D eigenvalue weighted by Crippen LogP contribution is -2.50. The quantitative estimate of drug-likeness (QED) is 0.479. The molecule has 5 rings (SSSR count). The van der Waals surface area contributed by atoms with Crippen molar-refractivity contribution in [3.63, 3.8) is 0 Å². The summed E-state index contributed by atoms with van der Waals surface area (Å²) in [7, 11) is 0. The number of nitrogens with zero attached hydrogens (tertiary/aromatic N) is 4. The number of carbonyl (C=O) groups excluding carboxylic acids is 1. The molecule has 0 aliphatic carbocycles. The van der Waals surface area contributed by atoms with E-state index in [2.05, 4.69) is 4.98 Å². The maximum atomic E-state index is 14.1. The topological polar surface area (TPSA) is 58.4 Å². The summed E-state index contributed by atoms with van der Waals surface area (Å²) in [5.41, 5.74) is 2.12. The first-order valence-electron chi connectivity index (χ1n) is 10.4. The average Bonchev–Trinajstić information content (AvgIpc) is 3.27. The molecule has 4 aromatic rings. The number of para-hydroxylation sites is 1. The van der Waals surface area contributed by atoms with E-state index in [0.29, 0.717) is 42.1 Å². The van der Waals surface area contributed by atoms with Gasteiger partial charge in [0.15, 0.2) is 0 Å². The van der Waals surface area contributed by atoms with Gasteiger partial charge in [0, 0.05) is 37.1 Å². The second kappa shape index (κ2) is 8.55. The van der Waals surface area contributed by atoms with Crippen LogP contribution in [0.25, 0.3) is 21.3 Å². The van der Waals surface area contributed by atoms with Gasteiger partial charge in [0.25, 0.3) is 5.56 Å². The van der Waals surface area contributed by atoms with Crippen molar-refractivity contribution in [2.75, 3.05) is 31.1 Å². The molecule has 0 unspecified atom stereocenters. The van der Waals surface area contributed by atoms with Crippen LogP contribution < -0.4 is 10.5 Å². The number of thiophene rings is 1. The van der Waals surface area contributed by atoms with E-state index in [0.717, 1.165) is 11.1 Å². The molecule has 3 heterocycles. The molecular formula is C24H21FN4O2S. The molecule has 0 bridgehead atoms. The first kappa shape index (κ1) is 20.4. The zero-order valence-electron chi connectivity index (χ0n) is 17.3. The van der Waals surface area contributed by atoms with Crippen molar-refractivity contribution in [2.24, 2.45) is 0 Å². The Kier molecular flexibility index (Phi) is 5.45. The molecule has 0 saturated carbocycles. The lowest BCUT2D eigenvalue weighted by atomic mass is 10.1. The van der Waals surface area contributed by atoms with Gasteiger partial charge in [-0.25, -0.2) is 9.37 Å². The van der Waals surface area contributed by atoms with Crippen molar-refractivity contribution in [1.29, 1.82) is 0 Å². The van der Waals surface area contributed by atoms with E-state index in [4.69, 9.17) is 0 Å². The van der Waals surface area contributed by atoms with Gasteiger partial charge in [0.1, 0.15) is 17.2 Å². The number of piperazine rings is 1. The van der Waals surface area contributed by atoms with Crippen molar-refractivity contribution in [3.05, 3.63) is 82.5 Å². The lowest BCUT2D eigenvalue weighted by molar-refractivity contribution is -0.132. The number of anilines is 1. The molecule has 32 heavy (non-hydrogen) atoms. The van der Waals surface area contributed by atoms with Crippen LogP contribution in [0.1, 0.15) is 0 Å². The molecule has 1 amide bonds. The predicted molar refractivity (Wildman–Crippen MR) is 125 cm³/mol. The molecule has 0 radical (unpaired) electrons. The SMILES string of the molecule is O=C(Cn1cnc2scc(-c3ccccc3)c2c1=O)N1CCN(c2ccccc2F)CC1. The monoisotopic (exact) mass is 448 g/mol. The van der Waals surface area contributed by atoms with E-state index >= 15 is 0 Å². The van der Waals surface area contributed by atoms with E-state index in [1.54, 1.807) is 23.1 Å². The summed E-state index contributed by atoms with van der Waals surface area (Å²) in [5, 5.41) is 2.48. The molecule has 2 aromatic carbocycles. The van der Waals surface area contributed by atoms with Crippen molar-refractivity contribution in [3.8, 4) is 11.1 Å². The summed E-state index contributed by atoms with van der Waals surface area (Å²) in [6, 6.07) is 16.4. The Hall–Kier alpha value is -3.52. The second-order valence-electron chi connectivity index (χ2n) is 7.69. The summed E-state index contributed by atoms with van der Waals surface area (Å²) < 4.78 is 15.4. The van der Waals surface area contributed by atoms with Crippen LogP contribution in [0.2, 0.25) is 0 Å². The van der Waals surface area contributed by atoms with Crippen LogP contribution in [0.5, 0.6) is 0 Å². The van der Waals surface area contributed by atoms with Gasteiger partial charge in [0.05, 0.1) is 17.4 Å². The van der Waals surface area contributed by atoms with Crippen LogP contribution in [-0.2, 0) is 11.3 Å². The van der Waals surface area contributed by atoms with Gasteiger partial charge in [-0.1, -0.05) is 42.5 Å². The molecule has 1 aliphatic heterocycles. The summed E-state index contributed by atoms with van der Waals surface area (Å²) in [5.74, 6) is -0.402. The largest absolute Gasteiger partial charge is 0.366 e. The highest BCUT2D eigenvalue weighted by Gasteiger charge is 2.23. The Morgan fingerprint density at radius 1 is 1.00 bits per heavy atom. The fourth-order valence-corrected chi connectivity index (χ4v) is 4.97. The van der Waals surface area contributed by atoms with Crippen molar-refractivity contribution < 1.29 is 9.18 Å². The normalized spacial score (nSPS) is 14.2. The lowest BCUT2D eigenvalue weighted by Gasteiger charge is -2.36. The van der Waals surface area contributed by atoms with Gasteiger partial charge < -0.3 is 9.80 Å². The van der Waals surface area contributed by atoms with E-state index in [1.807, 2.05) is 40.6 Å². The number of rotatable bonds is 4. The first-order valence-corrected chi connectivity index (χ1v) is 11.3. The number of halogens is 1. The molecule has 1 saturated heterocycles. The highest BCUT2D eigenvalue weighted by molar-refractivity contribution is 7.17. The molecule has 6 nitrogen and oxygen atoms in total. The Morgan fingerprint density at radius 2 is 1.72 bits per heavy atom. The number of amides is 1. The third-order valence-corrected chi connectivity index (χ3v) is 6.66. The van der Waals surface area contributed by atoms with E-state index in [9.17, 15) is 14.0 Å². The molecule has 1 fully saturated rings. The fraction of sp³-hybridized carbons (Fsp3) is 0.208. The molecule has 0 spiro atoms. The van der Waals surface area contributed by atoms with Crippen LogP contribution >= 0.6 is 11.3 Å². The predicted octanol–water partition coefficient (Wildman–Crippen LogP) is 3.61. The van der Waals surface area contributed by atoms with E-state index in [-0.39, 0.29) is 23.8 Å². The van der Waals surface area contributed by atoms with E-state index < -0.39 is 0 Å². The van der Waals surface area contributed by atoms with Gasteiger partial charge in [0.2, 0.25) is 5.91 Å². The van der Waals surface area contributed by atoms with Gasteiger partial charge in [-0.15, -0.1) is 11.3 Å². The molecule has 2 aromatic heterocycles. The minimum Gasteiger partial charge on any atom is -0.366 e. The highest BCUT2D eigenvalue weighted by Crippen LogP contribution is 2.30. The highest BCUT2D eigenvalue weighted by atomic mass is 32.1. The van der Waals surface area contributed by atoms with Crippen molar-refractivity contribution >= 4 is 33.1 Å². The average molecular weight is 449 g/mol. The van der Waals surface area contributed by atoms with Crippen LogP contribution in [0, 0.1) is 5.82 Å². The number of carbonyl (C=O) groups is 1. The minimum atomic E-state index is -0.261. The summed E-state index contributed by atoms with van der Waals surface area (Å²) in [6.07, 6.45) is 1.45. The van der Waals surface area contributed by atoms with Crippen LogP contribution in [0.4, 0.5) is 10.1 Å². The van der Waals surface area contributed by atoms with Crippen LogP contribution in [0.15, 0.2) is 71.1 Å². The minimum absolute atomic E-state index is 0.0639. The van der Waals surface area contributed by atoms with Crippen LogP contribution in [-0.4, -0.2) is 46.5 Å². The first-order chi connectivity index (χ1) is 15.6. The molecular weight excluding hydrogens is 427 g/mol. The molecule has 0 N–H and O–H groups in total. The Bertz CT molecular complexity index is 1330. The van der Waals surface area contributed by atoms with Gasteiger partial charge >= 0.3 is 0 Å². The maximum absolute atomic E-state index is 14.1. The smallest absolute Gasteiger partial charge is 0.263 e. The number of hydrogen-bond donors (Lipinski definition) is 0. The Balaban J connectivity index is 1.33. The standard InChI is InChI=1S/C24H21FN4O2S/c25-19-8-4-5-9-20(19)27-10-12-28(13-11-27)21(30)14-29-16-26-23-22(24(29)31)18(15-32-23)17-6-2-1-3-7-17/h1-9,15-16H,10-14H2. The Morgan fingerprint density at radius 3 is 2.47 bits per heavy atom. The zero-order valence-corrected chi connectivity index (χ0v) is 18.1. The summed E-state index contributed by atoms with van der Waals surface area (Å²) in [4.78, 5) is 34.8. The van der Waals surface area contributed by atoms with Gasteiger partial charge in [-0.05, 0) is 17.7 Å². The second-order valence-corrected chi connectivity index (χ2v) is 8.55. The molecule has 162 valence electrons. The summed E-state index contributed by atoms with van der Waals surface area (Å²) >= 11 is 1.42. The summed E-state index contributed by atoms with van der Waals surface area (Å²) in [6.45, 7) is 1.98. The van der Waals surface area contributed by atoms with Gasteiger partial charge in [-0.2, -0.15) is 0 Å². The maximum Gasteiger partial charge on any atom is 0.263 e. The van der Waals surface area contributed by atoms with Crippen molar-refractivity contribution in [2.45, 2.75) is 6.54 Å². The van der Waals surface area contributed by atoms with Gasteiger partial charge in [-0.3, -0.25) is 14.2 Å². The molecule has 1 aliphatic rings. The third-order valence-electron chi connectivity index (χ3n) is 5.78. The van der Waals surface area contributed by atoms with Crippen LogP contribution in [0.3, 0.4) is 0 Å².